The van der Waals surface area contributed by atoms with Gasteiger partial charge >= 0.3 is 0 Å². The van der Waals surface area contributed by atoms with E-state index < -0.39 is 0 Å². The molecule has 1 aliphatic heterocycles. The van der Waals surface area contributed by atoms with Crippen LogP contribution in [0.15, 0.2) is 60.1 Å². The summed E-state index contributed by atoms with van der Waals surface area (Å²) in [6, 6.07) is 14.5. The van der Waals surface area contributed by atoms with Crippen LogP contribution in [0.3, 0.4) is 0 Å². The van der Waals surface area contributed by atoms with Gasteiger partial charge in [0.15, 0.2) is 0 Å². The predicted molar refractivity (Wildman–Crippen MR) is 96.7 cm³/mol. The Bertz CT molecular complexity index is 795. The number of hydrogen-bond donors (Lipinski definition) is 0. The Morgan fingerprint density at radius 3 is 2.50 bits per heavy atom. The lowest BCUT2D eigenvalue weighted by Gasteiger charge is -2.06. The highest BCUT2D eigenvalue weighted by Gasteiger charge is 2.14. The van der Waals surface area contributed by atoms with Crippen LogP contribution in [-0.2, 0) is 0 Å². The molecule has 0 amide bonds. The van der Waals surface area contributed by atoms with Crippen molar-refractivity contribution in [2.75, 3.05) is 6.54 Å². The monoisotopic (exact) mass is 307 g/mol. The van der Waals surface area contributed by atoms with E-state index in [0.717, 1.165) is 27.4 Å². The van der Waals surface area contributed by atoms with Crippen molar-refractivity contribution >= 4 is 28.5 Å². The minimum Gasteiger partial charge on any atom is -0.280 e. The Hall–Kier alpha value is -2.12. The van der Waals surface area contributed by atoms with Crippen molar-refractivity contribution in [2.45, 2.75) is 13.8 Å². The number of benzene rings is 2. The zero-order valence-corrected chi connectivity index (χ0v) is 13.6. The van der Waals surface area contributed by atoms with Gasteiger partial charge < -0.3 is 0 Å². The molecule has 0 aliphatic carbocycles. The first kappa shape index (κ1) is 14.8. The van der Waals surface area contributed by atoms with Crippen LogP contribution in [0.2, 0.25) is 5.02 Å². The molecule has 0 N–H and O–H groups in total. The van der Waals surface area contributed by atoms with E-state index in [4.69, 9.17) is 11.6 Å². The van der Waals surface area contributed by atoms with Crippen molar-refractivity contribution in [3.05, 3.63) is 82.4 Å². The van der Waals surface area contributed by atoms with Crippen LogP contribution in [0.4, 0.5) is 0 Å². The van der Waals surface area contributed by atoms with E-state index in [1.54, 1.807) is 0 Å². The Morgan fingerprint density at radius 2 is 1.82 bits per heavy atom. The topological polar surface area (TPSA) is 12.4 Å². The standard InChI is InChI=1S/C20H18ClN/c1-13-4-6-16(7-5-13)18-11-20(22-12-18)15(3)17-8-9-19(21)14(2)10-17/h4-11H,3,12H2,1-2H3. The first-order valence-electron chi connectivity index (χ1n) is 7.32. The summed E-state index contributed by atoms with van der Waals surface area (Å²) in [4.78, 5) is 4.64. The molecule has 0 saturated heterocycles. The van der Waals surface area contributed by atoms with E-state index in [9.17, 15) is 0 Å². The second-order valence-electron chi connectivity index (χ2n) is 5.68. The fourth-order valence-electron chi connectivity index (χ4n) is 2.53. The molecular formula is C20H18ClN. The first-order chi connectivity index (χ1) is 10.5. The Balaban J connectivity index is 1.85. The van der Waals surface area contributed by atoms with E-state index in [1.165, 1.54) is 16.7 Å². The SMILES string of the molecule is C=C(C1=NCC(c2ccc(C)cc2)=C1)c1ccc(Cl)c(C)c1. The van der Waals surface area contributed by atoms with Gasteiger partial charge in [-0.1, -0.05) is 54.1 Å². The molecular weight excluding hydrogens is 290 g/mol. The first-order valence-corrected chi connectivity index (χ1v) is 7.70. The fraction of sp³-hybridized carbons (Fsp3) is 0.150. The maximum absolute atomic E-state index is 6.09. The number of allylic oxidation sites excluding steroid dienone is 2. The van der Waals surface area contributed by atoms with Crippen molar-refractivity contribution < 1.29 is 0 Å². The molecule has 1 nitrogen and oxygen atoms in total. The third kappa shape index (κ3) is 2.90. The van der Waals surface area contributed by atoms with E-state index in [1.807, 2.05) is 19.1 Å². The maximum atomic E-state index is 6.09. The third-order valence-electron chi connectivity index (χ3n) is 3.97. The Morgan fingerprint density at radius 1 is 1.09 bits per heavy atom. The maximum Gasteiger partial charge on any atom is 0.0654 e. The zero-order chi connectivity index (χ0) is 15.7. The van der Waals surface area contributed by atoms with Crippen molar-refractivity contribution in [1.82, 2.24) is 0 Å². The highest BCUT2D eigenvalue weighted by atomic mass is 35.5. The van der Waals surface area contributed by atoms with Crippen LogP contribution in [0, 0.1) is 13.8 Å². The minimum absolute atomic E-state index is 0.712. The van der Waals surface area contributed by atoms with Crippen LogP contribution in [0.25, 0.3) is 11.1 Å². The van der Waals surface area contributed by atoms with Gasteiger partial charge in [0.1, 0.15) is 0 Å². The number of aliphatic imine (C=N–C) groups is 1. The normalized spacial score (nSPS) is 13.8. The van der Waals surface area contributed by atoms with Gasteiger partial charge in [-0.3, -0.25) is 4.99 Å². The lowest BCUT2D eigenvalue weighted by Crippen LogP contribution is -1.95. The third-order valence-corrected chi connectivity index (χ3v) is 4.39. The minimum atomic E-state index is 0.712. The second-order valence-corrected chi connectivity index (χ2v) is 6.09. The molecule has 0 aromatic heterocycles. The molecule has 0 spiro atoms. The molecule has 0 fully saturated rings. The Labute approximate surface area is 136 Å². The van der Waals surface area contributed by atoms with Gasteiger partial charge in [0.05, 0.1) is 12.3 Å². The van der Waals surface area contributed by atoms with Crippen molar-refractivity contribution in [1.29, 1.82) is 0 Å². The van der Waals surface area contributed by atoms with Crippen molar-refractivity contribution in [2.24, 2.45) is 4.99 Å². The number of hydrogen-bond acceptors (Lipinski definition) is 1. The van der Waals surface area contributed by atoms with Gasteiger partial charge in [-0.15, -0.1) is 0 Å². The summed E-state index contributed by atoms with van der Waals surface area (Å²) in [5, 5.41) is 0.779. The summed E-state index contributed by atoms with van der Waals surface area (Å²) in [5.41, 5.74) is 7.76. The van der Waals surface area contributed by atoms with Crippen molar-refractivity contribution in [3.63, 3.8) is 0 Å². The predicted octanol–water partition coefficient (Wildman–Crippen LogP) is 5.51. The van der Waals surface area contributed by atoms with Crippen LogP contribution >= 0.6 is 11.6 Å². The summed E-state index contributed by atoms with van der Waals surface area (Å²) < 4.78 is 0. The molecule has 1 heterocycles. The van der Waals surface area contributed by atoms with Gasteiger partial charge in [0.2, 0.25) is 0 Å². The summed E-state index contributed by atoms with van der Waals surface area (Å²) in [6.07, 6.45) is 2.14. The molecule has 0 saturated carbocycles. The zero-order valence-electron chi connectivity index (χ0n) is 12.9. The highest BCUT2D eigenvalue weighted by molar-refractivity contribution is 6.33. The van der Waals surface area contributed by atoms with E-state index in [2.05, 4.69) is 54.9 Å². The van der Waals surface area contributed by atoms with Crippen LogP contribution in [0.1, 0.15) is 22.3 Å². The Kier molecular flexibility index (Phi) is 4.00. The molecule has 2 aromatic carbocycles. The molecule has 0 radical (unpaired) electrons. The number of aryl methyl sites for hydroxylation is 2. The van der Waals surface area contributed by atoms with Gasteiger partial charge in [-0.2, -0.15) is 0 Å². The highest BCUT2D eigenvalue weighted by Crippen LogP contribution is 2.27. The molecule has 1 aliphatic rings. The molecule has 3 rings (SSSR count). The average molecular weight is 308 g/mol. The summed E-state index contributed by atoms with van der Waals surface area (Å²) in [6.45, 7) is 9.01. The van der Waals surface area contributed by atoms with Gasteiger partial charge in [0, 0.05) is 5.02 Å². The van der Waals surface area contributed by atoms with E-state index >= 15 is 0 Å². The average Bonchev–Trinajstić information content (AvgIpc) is 3.00. The molecule has 2 heteroatoms. The summed E-state index contributed by atoms with van der Waals surface area (Å²) in [5.74, 6) is 0. The second kappa shape index (κ2) is 5.94. The molecule has 22 heavy (non-hydrogen) atoms. The van der Waals surface area contributed by atoms with E-state index in [0.29, 0.717) is 6.54 Å². The molecule has 0 atom stereocenters. The van der Waals surface area contributed by atoms with Crippen LogP contribution in [0.5, 0.6) is 0 Å². The smallest absolute Gasteiger partial charge is 0.0654 e. The van der Waals surface area contributed by atoms with Crippen molar-refractivity contribution in [3.8, 4) is 0 Å². The quantitative estimate of drug-likeness (QED) is 0.709. The van der Waals surface area contributed by atoms with Gasteiger partial charge in [-0.05, 0) is 59.9 Å². The fourth-order valence-corrected chi connectivity index (χ4v) is 2.65. The van der Waals surface area contributed by atoms with Gasteiger partial charge in [-0.25, -0.2) is 0 Å². The number of halogens is 1. The molecule has 2 aromatic rings. The van der Waals surface area contributed by atoms with Crippen LogP contribution < -0.4 is 0 Å². The summed E-state index contributed by atoms with van der Waals surface area (Å²) >= 11 is 6.09. The summed E-state index contributed by atoms with van der Waals surface area (Å²) in [7, 11) is 0. The molecule has 0 bridgehead atoms. The number of rotatable bonds is 3. The van der Waals surface area contributed by atoms with Gasteiger partial charge in [0.25, 0.3) is 0 Å². The molecule has 110 valence electrons. The molecule has 0 unspecified atom stereocenters. The van der Waals surface area contributed by atoms with E-state index in [-0.39, 0.29) is 0 Å². The largest absolute Gasteiger partial charge is 0.280 e. The lowest BCUT2D eigenvalue weighted by atomic mass is 9.99. The van der Waals surface area contributed by atoms with Crippen LogP contribution in [-0.4, -0.2) is 12.3 Å². The number of nitrogens with zero attached hydrogens (tertiary/aromatic N) is 1. The lowest BCUT2D eigenvalue weighted by molar-refractivity contribution is 1.29.